The third-order valence-electron chi connectivity index (χ3n) is 2.50. The lowest BCUT2D eigenvalue weighted by Gasteiger charge is -2.12. The fraction of sp³-hybridized carbons (Fsp3) is 0.462. The van der Waals surface area contributed by atoms with E-state index in [0.29, 0.717) is 17.1 Å². The molecule has 0 aliphatic rings. The normalized spacial score (nSPS) is 11.8. The Kier molecular flexibility index (Phi) is 4.82. The molecule has 4 nitrogen and oxygen atoms in total. The molecule has 17 heavy (non-hydrogen) atoms. The summed E-state index contributed by atoms with van der Waals surface area (Å²) in [6.07, 6.45) is 0.703. The van der Waals surface area contributed by atoms with Crippen molar-refractivity contribution in [3.8, 4) is 11.5 Å². The van der Waals surface area contributed by atoms with E-state index in [-0.39, 0.29) is 12.1 Å². The minimum absolute atomic E-state index is 0.0874. The summed E-state index contributed by atoms with van der Waals surface area (Å²) >= 11 is 0. The molecule has 4 heteroatoms. The summed E-state index contributed by atoms with van der Waals surface area (Å²) in [4.78, 5) is 11.8. The van der Waals surface area contributed by atoms with Crippen LogP contribution in [0, 0.1) is 0 Å². The van der Waals surface area contributed by atoms with E-state index in [0.717, 1.165) is 6.42 Å². The molecule has 0 fully saturated rings. The second-order valence-corrected chi connectivity index (χ2v) is 3.69. The minimum atomic E-state index is -0.347. The van der Waals surface area contributed by atoms with Gasteiger partial charge in [-0.3, -0.25) is 0 Å². The average Bonchev–Trinajstić information content (AvgIpc) is 2.37. The van der Waals surface area contributed by atoms with Crippen LogP contribution in [0.5, 0.6) is 11.5 Å². The molecule has 1 aromatic rings. The van der Waals surface area contributed by atoms with Gasteiger partial charge in [-0.05, 0) is 31.5 Å². The van der Waals surface area contributed by atoms with E-state index in [1.54, 1.807) is 25.3 Å². The second kappa shape index (κ2) is 6.13. The molecule has 0 saturated heterocycles. The number of carbonyl (C=O) groups is 1. The van der Waals surface area contributed by atoms with Crippen LogP contribution < -0.4 is 9.47 Å². The molecule has 1 unspecified atom stereocenters. The van der Waals surface area contributed by atoms with Gasteiger partial charge in [-0.2, -0.15) is 0 Å². The van der Waals surface area contributed by atoms with Crippen molar-refractivity contribution in [3.05, 3.63) is 23.8 Å². The first kappa shape index (κ1) is 13.4. The van der Waals surface area contributed by atoms with E-state index < -0.39 is 0 Å². The Hall–Kier alpha value is -1.71. The highest BCUT2D eigenvalue weighted by Gasteiger charge is 2.13. The van der Waals surface area contributed by atoms with Crippen molar-refractivity contribution in [3.63, 3.8) is 0 Å². The number of esters is 1. The number of hydrogen-bond donors (Lipinski definition) is 0. The molecule has 0 spiro atoms. The molecular formula is C13H18O4. The molecule has 0 aliphatic carbocycles. The molecule has 1 rings (SSSR count). The Morgan fingerprint density at radius 2 is 1.88 bits per heavy atom. The van der Waals surface area contributed by atoms with Crippen LogP contribution in [0.3, 0.4) is 0 Å². The molecule has 0 N–H and O–H groups in total. The van der Waals surface area contributed by atoms with Gasteiger partial charge in [0.1, 0.15) is 0 Å². The lowest BCUT2D eigenvalue weighted by Crippen LogP contribution is -2.14. The molecule has 0 saturated carbocycles. The van der Waals surface area contributed by atoms with Crippen LogP contribution in [0.1, 0.15) is 30.6 Å². The van der Waals surface area contributed by atoms with E-state index in [1.165, 1.54) is 7.11 Å². The van der Waals surface area contributed by atoms with E-state index in [1.807, 2.05) is 13.8 Å². The topological polar surface area (TPSA) is 44.8 Å². The predicted octanol–water partition coefficient (Wildman–Crippen LogP) is 2.66. The number of rotatable bonds is 5. The highest BCUT2D eigenvalue weighted by Crippen LogP contribution is 2.27. The standard InChI is InChI=1S/C13H18O4/c1-5-9(2)17-13(14)10-6-7-11(15-3)12(8-10)16-4/h6-9H,5H2,1-4H3. The molecule has 0 bridgehead atoms. The third kappa shape index (κ3) is 3.37. The second-order valence-electron chi connectivity index (χ2n) is 3.69. The zero-order chi connectivity index (χ0) is 12.8. The van der Waals surface area contributed by atoms with Crippen LogP contribution >= 0.6 is 0 Å². The number of ether oxygens (including phenoxy) is 3. The van der Waals surface area contributed by atoms with Crippen molar-refractivity contribution in [2.45, 2.75) is 26.4 Å². The van der Waals surface area contributed by atoms with Crippen molar-refractivity contribution >= 4 is 5.97 Å². The first-order chi connectivity index (χ1) is 8.12. The Morgan fingerprint density at radius 3 is 2.41 bits per heavy atom. The lowest BCUT2D eigenvalue weighted by atomic mass is 10.2. The molecule has 1 atom stereocenters. The van der Waals surface area contributed by atoms with Crippen molar-refractivity contribution in [2.75, 3.05) is 14.2 Å². The van der Waals surface area contributed by atoms with Gasteiger partial charge in [0, 0.05) is 0 Å². The highest BCUT2D eigenvalue weighted by molar-refractivity contribution is 5.90. The minimum Gasteiger partial charge on any atom is -0.493 e. The van der Waals surface area contributed by atoms with E-state index >= 15 is 0 Å². The smallest absolute Gasteiger partial charge is 0.338 e. The molecular weight excluding hydrogens is 220 g/mol. The van der Waals surface area contributed by atoms with Gasteiger partial charge in [0.05, 0.1) is 25.9 Å². The van der Waals surface area contributed by atoms with E-state index in [2.05, 4.69) is 0 Å². The number of hydrogen-bond acceptors (Lipinski definition) is 4. The van der Waals surface area contributed by atoms with Gasteiger partial charge in [0.15, 0.2) is 11.5 Å². The van der Waals surface area contributed by atoms with Crippen LogP contribution in [0.25, 0.3) is 0 Å². The van der Waals surface area contributed by atoms with Gasteiger partial charge in [-0.25, -0.2) is 4.79 Å². The monoisotopic (exact) mass is 238 g/mol. The number of benzene rings is 1. The maximum absolute atomic E-state index is 11.8. The van der Waals surface area contributed by atoms with Gasteiger partial charge < -0.3 is 14.2 Å². The Morgan fingerprint density at radius 1 is 1.24 bits per heavy atom. The fourth-order valence-corrected chi connectivity index (χ4v) is 1.30. The lowest BCUT2D eigenvalue weighted by molar-refractivity contribution is 0.0334. The van der Waals surface area contributed by atoms with Crippen LogP contribution in [-0.4, -0.2) is 26.3 Å². The Bertz CT molecular complexity index is 387. The van der Waals surface area contributed by atoms with Crippen molar-refractivity contribution < 1.29 is 19.0 Å². The predicted molar refractivity (Wildman–Crippen MR) is 64.7 cm³/mol. The van der Waals surface area contributed by atoms with Crippen molar-refractivity contribution in [1.29, 1.82) is 0 Å². The summed E-state index contributed by atoms with van der Waals surface area (Å²) < 4.78 is 15.4. The summed E-state index contributed by atoms with van der Waals surface area (Å²) in [6, 6.07) is 4.96. The van der Waals surface area contributed by atoms with Crippen LogP contribution in [0.2, 0.25) is 0 Å². The van der Waals surface area contributed by atoms with Gasteiger partial charge in [0.2, 0.25) is 0 Å². The zero-order valence-corrected chi connectivity index (χ0v) is 10.6. The van der Waals surface area contributed by atoms with E-state index in [4.69, 9.17) is 14.2 Å². The Labute approximate surface area is 101 Å². The molecule has 0 heterocycles. The first-order valence-corrected chi connectivity index (χ1v) is 5.55. The van der Waals surface area contributed by atoms with Crippen LogP contribution in [0.4, 0.5) is 0 Å². The van der Waals surface area contributed by atoms with E-state index in [9.17, 15) is 4.79 Å². The fourth-order valence-electron chi connectivity index (χ4n) is 1.30. The molecule has 0 radical (unpaired) electrons. The summed E-state index contributed by atoms with van der Waals surface area (Å²) in [5.41, 5.74) is 0.461. The average molecular weight is 238 g/mol. The van der Waals surface area contributed by atoms with Gasteiger partial charge >= 0.3 is 5.97 Å². The highest BCUT2D eigenvalue weighted by atomic mass is 16.5. The molecule has 0 aromatic heterocycles. The summed E-state index contributed by atoms with van der Waals surface area (Å²) in [6.45, 7) is 3.82. The third-order valence-corrected chi connectivity index (χ3v) is 2.50. The quantitative estimate of drug-likeness (QED) is 0.740. The van der Waals surface area contributed by atoms with Crippen LogP contribution in [-0.2, 0) is 4.74 Å². The zero-order valence-electron chi connectivity index (χ0n) is 10.6. The van der Waals surface area contributed by atoms with Crippen molar-refractivity contribution in [1.82, 2.24) is 0 Å². The van der Waals surface area contributed by atoms with Gasteiger partial charge in [0.25, 0.3) is 0 Å². The molecule has 1 aromatic carbocycles. The SMILES string of the molecule is CCC(C)OC(=O)c1ccc(OC)c(OC)c1. The molecule has 0 aliphatic heterocycles. The maximum atomic E-state index is 11.8. The maximum Gasteiger partial charge on any atom is 0.338 e. The van der Waals surface area contributed by atoms with Crippen LogP contribution in [0.15, 0.2) is 18.2 Å². The summed E-state index contributed by atoms with van der Waals surface area (Å²) in [5, 5.41) is 0. The van der Waals surface area contributed by atoms with Gasteiger partial charge in [-0.1, -0.05) is 6.92 Å². The van der Waals surface area contributed by atoms with Gasteiger partial charge in [-0.15, -0.1) is 0 Å². The Balaban J connectivity index is 2.88. The largest absolute Gasteiger partial charge is 0.493 e. The number of methoxy groups -OCH3 is 2. The molecule has 94 valence electrons. The first-order valence-electron chi connectivity index (χ1n) is 5.55. The summed E-state index contributed by atoms with van der Waals surface area (Å²) in [7, 11) is 3.08. The number of carbonyl (C=O) groups excluding carboxylic acids is 1. The van der Waals surface area contributed by atoms with Crippen molar-refractivity contribution in [2.24, 2.45) is 0 Å². The summed E-state index contributed by atoms with van der Waals surface area (Å²) in [5.74, 6) is 0.763. The molecule has 0 amide bonds.